The van der Waals surface area contributed by atoms with Gasteiger partial charge in [-0.2, -0.15) is 0 Å². The standard InChI is InChI=1S/C16H24N2O3/c1-11(2)5-13(8-17)7-16(19)18-9-12-3-4-14-15(6-12)21-10-20-14/h3-4,6,11,13H,5,7-10,17H2,1-2H3,(H,18,19)/t13-/m0/s1. The first-order chi connectivity index (χ1) is 10.1. The van der Waals surface area contributed by atoms with Crippen LogP contribution >= 0.6 is 0 Å². The number of amides is 1. The lowest BCUT2D eigenvalue weighted by Gasteiger charge is -2.16. The van der Waals surface area contributed by atoms with Crippen LogP contribution in [0.5, 0.6) is 11.5 Å². The molecule has 0 bridgehead atoms. The van der Waals surface area contributed by atoms with E-state index in [9.17, 15) is 4.79 Å². The molecule has 0 radical (unpaired) electrons. The molecule has 3 N–H and O–H groups in total. The maximum absolute atomic E-state index is 12.0. The highest BCUT2D eigenvalue weighted by Gasteiger charge is 2.15. The van der Waals surface area contributed by atoms with E-state index in [0.717, 1.165) is 23.5 Å². The zero-order chi connectivity index (χ0) is 15.2. The summed E-state index contributed by atoms with van der Waals surface area (Å²) < 4.78 is 10.6. The molecule has 0 aromatic heterocycles. The smallest absolute Gasteiger partial charge is 0.231 e. The van der Waals surface area contributed by atoms with E-state index < -0.39 is 0 Å². The van der Waals surface area contributed by atoms with Crippen molar-refractivity contribution in [3.63, 3.8) is 0 Å². The summed E-state index contributed by atoms with van der Waals surface area (Å²) in [5.41, 5.74) is 6.73. The average Bonchev–Trinajstić information content (AvgIpc) is 2.91. The predicted molar refractivity (Wildman–Crippen MR) is 81.0 cm³/mol. The van der Waals surface area contributed by atoms with E-state index in [4.69, 9.17) is 15.2 Å². The molecule has 2 rings (SSSR count). The Morgan fingerprint density at radius 2 is 2.10 bits per heavy atom. The fourth-order valence-corrected chi connectivity index (χ4v) is 2.52. The summed E-state index contributed by atoms with van der Waals surface area (Å²) in [7, 11) is 0. The van der Waals surface area contributed by atoms with Gasteiger partial charge in [0.25, 0.3) is 0 Å². The molecule has 116 valence electrons. The molecule has 1 aliphatic rings. The van der Waals surface area contributed by atoms with E-state index in [1.54, 1.807) is 0 Å². The lowest BCUT2D eigenvalue weighted by molar-refractivity contribution is -0.122. The number of carbonyl (C=O) groups is 1. The van der Waals surface area contributed by atoms with Gasteiger partial charge >= 0.3 is 0 Å². The van der Waals surface area contributed by atoms with Crippen molar-refractivity contribution in [2.24, 2.45) is 17.6 Å². The van der Waals surface area contributed by atoms with Gasteiger partial charge in [-0.1, -0.05) is 19.9 Å². The Morgan fingerprint density at radius 1 is 1.33 bits per heavy atom. The van der Waals surface area contributed by atoms with Crippen molar-refractivity contribution in [2.75, 3.05) is 13.3 Å². The van der Waals surface area contributed by atoms with Gasteiger partial charge in [0.2, 0.25) is 12.7 Å². The molecule has 1 aromatic rings. The third-order valence-corrected chi connectivity index (χ3v) is 3.54. The molecule has 0 fully saturated rings. The molecule has 1 aliphatic heterocycles. The normalized spacial score (nSPS) is 14.3. The van der Waals surface area contributed by atoms with Gasteiger partial charge < -0.3 is 20.5 Å². The van der Waals surface area contributed by atoms with Crippen LogP contribution in [0, 0.1) is 11.8 Å². The molecule has 1 amide bonds. The average molecular weight is 292 g/mol. The summed E-state index contributed by atoms with van der Waals surface area (Å²) >= 11 is 0. The highest BCUT2D eigenvalue weighted by atomic mass is 16.7. The van der Waals surface area contributed by atoms with Crippen LogP contribution in [0.3, 0.4) is 0 Å². The van der Waals surface area contributed by atoms with Crippen molar-refractivity contribution in [1.29, 1.82) is 0 Å². The molecule has 21 heavy (non-hydrogen) atoms. The molecule has 1 atom stereocenters. The van der Waals surface area contributed by atoms with Crippen LogP contribution in [-0.2, 0) is 11.3 Å². The van der Waals surface area contributed by atoms with Crippen LogP contribution < -0.4 is 20.5 Å². The molecule has 0 saturated heterocycles. The second-order valence-electron chi connectivity index (χ2n) is 5.90. The van der Waals surface area contributed by atoms with Crippen molar-refractivity contribution in [1.82, 2.24) is 5.32 Å². The van der Waals surface area contributed by atoms with Gasteiger partial charge in [-0.15, -0.1) is 0 Å². The maximum atomic E-state index is 12.0. The first-order valence-electron chi connectivity index (χ1n) is 7.43. The summed E-state index contributed by atoms with van der Waals surface area (Å²) in [5.74, 6) is 2.34. The van der Waals surface area contributed by atoms with Gasteiger partial charge in [0.05, 0.1) is 0 Å². The molecule has 5 nitrogen and oxygen atoms in total. The Hall–Kier alpha value is -1.75. The first kappa shape index (κ1) is 15.6. The minimum atomic E-state index is 0.0452. The molecular weight excluding hydrogens is 268 g/mol. The van der Waals surface area contributed by atoms with Gasteiger partial charge in [0.1, 0.15) is 0 Å². The van der Waals surface area contributed by atoms with E-state index in [1.165, 1.54) is 0 Å². The highest BCUT2D eigenvalue weighted by Crippen LogP contribution is 2.32. The summed E-state index contributed by atoms with van der Waals surface area (Å²) in [6, 6.07) is 5.70. The number of hydrogen-bond donors (Lipinski definition) is 2. The van der Waals surface area contributed by atoms with Crippen LogP contribution in [0.25, 0.3) is 0 Å². The highest BCUT2D eigenvalue weighted by molar-refractivity contribution is 5.76. The van der Waals surface area contributed by atoms with Crippen LogP contribution in [0.1, 0.15) is 32.3 Å². The van der Waals surface area contributed by atoms with Crippen molar-refractivity contribution in [2.45, 2.75) is 33.2 Å². The van der Waals surface area contributed by atoms with Crippen molar-refractivity contribution >= 4 is 5.91 Å². The summed E-state index contributed by atoms with van der Waals surface area (Å²) in [6.07, 6.45) is 1.47. The third-order valence-electron chi connectivity index (χ3n) is 3.54. The monoisotopic (exact) mass is 292 g/mol. The Bertz CT molecular complexity index is 488. The van der Waals surface area contributed by atoms with Crippen LogP contribution in [-0.4, -0.2) is 19.2 Å². The van der Waals surface area contributed by atoms with E-state index in [0.29, 0.717) is 25.4 Å². The number of benzene rings is 1. The zero-order valence-electron chi connectivity index (χ0n) is 12.7. The summed E-state index contributed by atoms with van der Waals surface area (Å²) in [5, 5.41) is 2.94. The minimum Gasteiger partial charge on any atom is -0.454 e. The maximum Gasteiger partial charge on any atom is 0.231 e. The van der Waals surface area contributed by atoms with E-state index in [1.807, 2.05) is 18.2 Å². The zero-order valence-corrected chi connectivity index (χ0v) is 12.7. The predicted octanol–water partition coefficient (Wildman–Crippen LogP) is 2.04. The van der Waals surface area contributed by atoms with Gasteiger partial charge in [-0.3, -0.25) is 4.79 Å². The summed E-state index contributed by atoms with van der Waals surface area (Å²) in [6.45, 7) is 5.60. The van der Waals surface area contributed by atoms with Gasteiger partial charge in [0, 0.05) is 13.0 Å². The second-order valence-corrected chi connectivity index (χ2v) is 5.90. The van der Waals surface area contributed by atoms with Crippen LogP contribution in [0.4, 0.5) is 0 Å². The lowest BCUT2D eigenvalue weighted by Crippen LogP contribution is -2.28. The molecule has 1 aromatic carbocycles. The number of fused-ring (bicyclic) bond motifs is 1. The SMILES string of the molecule is CC(C)C[C@H](CN)CC(=O)NCc1ccc2c(c1)OCO2. The molecular formula is C16H24N2O3. The number of nitrogens with one attached hydrogen (secondary N) is 1. The number of ether oxygens (including phenoxy) is 2. The Balaban J connectivity index is 1.80. The molecule has 0 aliphatic carbocycles. The van der Waals surface area contributed by atoms with E-state index in [2.05, 4.69) is 19.2 Å². The second kappa shape index (κ2) is 7.31. The fourth-order valence-electron chi connectivity index (χ4n) is 2.52. The van der Waals surface area contributed by atoms with Crippen LogP contribution in [0.2, 0.25) is 0 Å². The number of nitrogens with two attached hydrogens (primary N) is 1. The topological polar surface area (TPSA) is 73.6 Å². The lowest BCUT2D eigenvalue weighted by atomic mass is 9.94. The van der Waals surface area contributed by atoms with Crippen molar-refractivity contribution in [3.8, 4) is 11.5 Å². The number of rotatable bonds is 7. The molecule has 0 saturated carbocycles. The first-order valence-corrected chi connectivity index (χ1v) is 7.43. The van der Waals surface area contributed by atoms with Gasteiger partial charge in [0.15, 0.2) is 11.5 Å². The van der Waals surface area contributed by atoms with Crippen molar-refractivity contribution in [3.05, 3.63) is 23.8 Å². The van der Waals surface area contributed by atoms with E-state index >= 15 is 0 Å². The van der Waals surface area contributed by atoms with Crippen LogP contribution in [0.15, 0.2) is 18.2 Å². The van der Waals surface area contributed by atoms with Gasteiger partial charge in [-0.05, 0) is 42.5 Å². The van der Waals surface area contributed by atoms with Crippen molar-refractivity contribution < 1.29 is 14.3 Å². The molecule has 5 heteroatoms. The minimum absolute atomic E-state index is 0.0452. The van der Waals surface area contributed by atoms with Gasteiger partial charge in [-0.25, -0.2) is 0 Å². The Kier molecular flexibility index (Phi) is 5.44. The fraction of sp³-hybridized carbons (Fsp3) is 0.562. The molecule has 0 unspecified atom stereocenters. The van der Waals surface area contributed by atoms with E-state index in [-0.39, 0.29) is 18.6 Å². The third kappa shape index (κ3) is 4.63. The number of carbonyl (C=O) groups excluding carboxylic acids is 1. The Morgan fingerprint density at radius 3 is 2.81 bits per heavy atom. The largest absolute Gasteiger partial charge is 0.454 e. The molecule has 1 heterocycles. The molecule has 0 spiro atoms. The quantitative estimate of drug-likeness (QED) is 0.806. The Labute approximate surface area is 125 Å². The summed E-state index contributed by atoms with van der Waals surface area (Å²) in [4.78, 5) is 12.0. The number of hydrogen-bond acceptors (Lipinski definition) is 4.